The summed E-state index contributed by atoms with van der Waals surface area (Å²) in [6.45, 7) is 6.14. The van der Waals surface area contributed by atoms with Crippen LogP contribution in [-0.4, -0.2) is 48.8 Å². The molecule has 1 aliphatic heterocycles. The average Bonchev–Trinajstić information content (AvgIpc) is 2.72. The molecule has 7 heteroatoms. The molecule has 0 aromatic carbocycles. The van der Waals surface area contributed by atoms with E-state index in [9.17, 15) is 8.42 Å². The molecule has 0 bridgehead atoms. The fourth-order valence-corrected chi connectivity index (χ4v) is 3.49. The van der Waals surface area contributed by atoms with Crippen LogP contribution in [0.2, 0.25) is 0 Å². The van der Waals surface area contributed by atoms with Crippen LogP contribution in [0.3, 0.4) is 0 Å². The lowest BCUT2D eigenvalue weighted by Crippen LogP contribution is -2.40. The molecule has 0 spiro atoms. The third kappa shape index (κ3) is 2.22. The van der Waals surface area contributed by atoms with Crippen LogP contribution in [0.15, 0.2) is 11.1 Å². The first kappa shape index (κ1) is 12.5. The highest BCUT2D eigenvalue weighted by Crippen LogP contribution is 2.20. The Morgan fingerprint density at radius 2 is 2.06 bits per heavy atom. The highest BCUT2D eigenvalue weighted by Gasteiger charge is 2.29. The molecule has 6 nitrogen and oxygen atoms in total. The van der Waals surface area contributed by atoms with Crippen LogP contribution in [0, 0.1) is 6.92 Å². The third-order valence-electron chi connectivity index (χ3n) is 2.95. The van der Waals surface area contributed by atoms with Gasteiger partial charge >= 0.3 is 0 Å². The van der Waals surface area contributed by atoms with Gasteiger partial charge in [0.05, 0.1) is 25.1 Å². The molecule has 0 N–H and O–H groups in total. The molecule has 0 unspecified atom stereocenters. The predicted molar refractivity (Wildman–Crippen MR) is 62.2 cm³/mol. The third-order valence-corrected chi connectivity index (χ3v) is 4.95. The molecule has 96 valence electrons. The number of aromatic nitrogens is 2. The molecule has 1 saturated heterocycles. The highest BCUT2D eigenvalue weighted by atomic mass is 32.2. The quantitative estimate of drug-likeness (QED) is 0.779. The summed E-state index contributed by atoms with van der Waals surface area (Å²) in [7, 11) is -3.41. The normalized spacial score (nSPS) is 18.5. The average molecular weight is 259 g/mol. The van der Waals surface area contributed by atoms with Crippen molar-refractivity contribution in [3.8, 4) is 0 Å². The van der Waals surface area contributed by atoms with Crippen molar-refractivity contribution in [3.05, 3.63) is 11.9 Å². The molecule has 0 aliphatic carbocycles. The summed E-state index contributed by atoms with van der Waals surface area (Å²) in [6, 6.07) is 0. The number of morpholine rings is 1. The minimum absolute atomic E-state index is 0.307. The van der Waals surface area contributed by atoms with Crippen molar-refractivity contribution in [1.29, 1.82) is 0 Å². The van der Waals surface area contributed by atoms with Gasteiger partial charge < -0.3 is 4.74 Å². The number of rotatable bonds is 3. The van der Waals surface area contributed by atoms with Crippen LogP contribution in [0.25, 0.3) is 0 Å². The molecule has 0 radical (unpaired) electrons. The van der Waals surface area contributed by atoms with Gasteiger partial charge in [0, 0.05) is 19.6 Å². The largest absolute Gasteiger partial charge is 0.379 e. The molecule has 2 rings (SSSR count). The van der Waals surface area contributed by atoms with Gasteiger partial charge in [0.15, 0.2) is 0 Å². The summed E-state index contributed by atoms with van der Waals surface area (Å²) in [6.07, 6.45) is 1.43. The van der Waals surface area contributed by atoms with Crippen LogP contribution < -0.4 is 0 Å². The van der Waals surface area contributed by atoms with Crippen molar-refractivity contribution in [2.75, 3.05) is 26.3 Å². The zero-order valence-corrected chi connectivity index (χ0v) is 10.9. The summed E-state index contributed by atoms with van der Waals surface area (Å²) >= 11 is 0. The molecular formula is C10H17N3O3S. The Kier molecular flexibility index (Phi) is 3.50. The lowest BCUT2D eigenvalue weighted by atomic mass is 10.5. The van der Waals surface area contributed by atoms with E-state index in [0.29, 0.717) is 43.4 Å². The second kappa shape index (κ2) is 4.75. The maximum Gasteiger partial charge on any atom is 0.246 e. The Morgan fingerprint density at radius 1 is 1.41 bits per heavy atom. The fourth-order valence-electron chi connectivity index (χ4n) is 1.93. The van der Waals surface area contributed by atoms with E-state index in [-0.39, 0.29) is 0 Å². The molecule has 0 amide bonds. The minimum atomic E-state index is -3.41. The monoisotopic (exact) mass is 259 g/mol. The van der Waals surface area contributed by atoms with Crippen molar-refractivity contribution in [2.24, 2.45) is 0 Å². The van der Waals surface area contributed by atoms with Gasteiger partial charge in [0.25, 0.3) is 0 Å². The van der Waals surface area contributed by atoms with Crippen LogP contribution in [0.5, 0.6) is 0 Å². The summed E-state index contributed by atoms with van der Waals surface area (Å²) in [5, 5.41) is 4.07. The second-order valence-electron chi connectivity index (χ2n) is 3.93. The van der Waals surface area contributed by atoms with Gasteiger partial charge in [-0.2, -0.15) is 9.40 Å². The lowest BCUT2D eigenvalue weighted by molar-refractivity contribution is 0.0730. The van der Waals surface area contributed by atoms with Crippen molar-refractivity contribution in [1.82, 2.24) is 14.1 Å². The Hall–Kier alpha value is -0.920. The lowest BCUT2D eigenvalue weighted by Gasteiger charge is -2.25. The van der Waals surface area contributed by atoms with Gasteiger partial charge in [-0.25, -0.2) is 8.42 Å². The van der Waals surface area contributed by atoms with E-state index in [1.165, 1.54) is 10.5 Å². The van der Waals surface area contributed by atoms with Crippen LogP contribution >= 0.6 is 0 Å². The Bertz CT molecular complexity index is 489. The van der Waals surface area contributed by atoms with Gasteiger partial charge in [0.1, 0.15) is 4.90 Å². The number of hydrogen-bond acceptors (Lipinski definition) is 4. The van der Waals surface area contributed by atoms with Crippen molar-refractivity contribution in [3.63, 3.8) is 0 Å². The number of nitrogens with zero attached hydrogens (tertiary/aromatic N) is 3. The Morgan fingerprint density at radius 3 is 2.59 bits per heavy atom. The number of aryl methyl sites for hydroxylation is 1. The summed E-state index contributed by atoms with van der Waals surface area (Å²) in [5.74, 6) is 0. The summed E-state index contributed by atoms with van der Waals surface area (Å²) < 4.78 is 33.0. The van der Waals surface area contributed by atoms with Gasteiger partial charge in [-0.05, 0) is 13.8 Å². The Balaban J connectivity index is 2.33. The van der Waals surface area contributed by atoms with Crippen molar-refractivity contribution >= 4 is 10.0 Å². The van der Waals surface area contributed by atoms with E-state index in [1.807, 2.05) is 6.92 Å². The zero-order chi connectivity index (χ0) is 12.5. The summed E-state index contributed by atoms with van der Waals surface area (Å²) in [4.78, 5) is 0.307. The van der Waals surface area contributed by atoms with Gasteiger partial charge in [-0.3, -0.25) is 4.68 Å². The van der Waals surface area contributed by atoms with E-state index in [4.69, 9.17) is 4.74 Å². The molecule has 1 fully saturated rings. The molecule has 1 aromatic heterocycles. The van der Waals surface area contributed by atoms with Gasteiger partial charge in [-0.15, -0.1) is 0 Å². The molecule has 17 heavy (non-hydrogen) atoms. The first-order valence-corrected chi connectivity index (χ1v) is 7.11. The highest BCUT2D eigenvalue weighted by molar-refractivity contribution is 7.89. The van der Waals surface area contributed by atoms with Crippen LogP contribution in [0.1, 0.15) is 12.6 Å². The molecular weight excluding hydrogens is 242 g/mol. The van der Waals surface area contributed by atoms with Crippen LogP contribution in [-0.2, 0) is 21.3 Å². The van der Waals surface area contributed by atoms with Crippen molar-refractivity contribution < 1.29 is 13.2 Å². The van der Waals surface area contributed by atoms with Gasteiger partial charge in [-0.1, -0.05) is 0 Å². The molecule has 0 saturated carbocycles. The first-order valence-electron chi connectivity index (χ1n) is 5.67. The number of hydrogen-bond donors (Lipinski definition) is 0. The number of sulfonamides is 1. The smallest absolute Gasteiger partial charge is 0.246 e. The zero-order valence-electron chi connectivity index (χ0n) is 10.1. The minimum Gasteiger partial charge on any atom is -0.379 e. The maximum absolute atomic E-state index is 12.4. The maximum atomic E-state index is 12.4. The van der Waals surface area contributed by atoms with Crippen molar-refractivity contribution in [2.45, 2.75) is 25.3 Å². The van der Waals surface area contributed by atoms with E-state index in [2.05, 4.69) is 5.10 Å². The van der Waals surface area contributed by atoms with Crippen LogP contribution in [0.4, 0.5) is 0 Å². The molecule has 2 heterocycles. The fraction of sp³-hybridized carbons (Fsp3) is 0.700. The SMILES string of the molecule is CCn1ncc(S(=O)(=O)N2CCOCC2)c1C. The Labute approximate surface area is 101 Å². The summed E-state index contributed by atoms with van der Waals surface area (Å²) in [5.41, 5.74) is 0.694. The first-order chi connectivity index (χ1) is 8.07. The molecule has 1 aliphatic rings. The molecule has 1 aromatic rings. The van der Waals surface area contributed by atoms with Gasteiger partial charge in [0.2, 0.25) is 10.0 Å². The molecule has 0 atom stereocenters. The van der Waals surface area contributed by atoms with E-state index in [1.54, 1.807) is 11.6 Å². The van der Waals surface area contributed by atoms with E-state index >= 15 is 0 Å². The standard InChI is InChI=1S/C10H17N3O3S/c1-3-13-9(2)10(8-11-13)17(14,15)12-4-6-16-7-5-12/h8H,3-7H2,1-2H3. The van der Waals surface area contributed by atoms with E-state index < -0.39 is 10.0 Å². The van der Waals surface area contributed by atoms with E-state index in [0.717, 1.165) is 0 Å². The number of ether oxygens (including phenoxy) is 1. The predicted octanol–water partition coefficient (Wildman–Crippen LogP) is 0.232. The second-order valence-corrected chi connectivity index (χ2v) is 5.83. The topological polar surface area (TPSA) is 64.4 Å².